The van der Waals surface area contributed by atoms with Gasteiger partial charge in [-0.2, -0.15) is 5.26 Å². The van der Waals surface area contributed by atoms with Crippen molar-refractivity contribution < 1.29 is 9.53 Å². The van der Waals surface area contributed by atoms with Gasteiger partial charge in [0.05, 0.1) is 18.0 Å². The maximum Gasteiger partial charge on any atom is 0.295 e. The number of nitrogens with zero attached hydrogens (tertiary/aromatic N) is 3. The van der Waals surface area contributed by atoms with Gasteiger partial charge >= 0.3 is 0 Å². The Labute approximate surface area is 193 Å². The molecule has 0 radical (unpaired) electrons. The molecule has 0 fully saturated rings. The third-order valence-corrected chi connectivity index (χ3v) is 5.31. The molecule has 1 heterocycles. The number of nitriles is 1. The number of para-hydroxylation sites is 1. The molecule has 3 rings (SSSR count). The number of carbonyl (C=O) groups is 1. The first-order chi connectivity index (χ1) is 15.8. The van der Waals surface area contributed by atoms with E-state index in [2.05, 4.69) is 19.2 Å². The van der Waals surface area contributed by atoms with Crippen LogP contribution in [-0.2, 0) is 11.8 Å². The smallest absolute Gasteiger partial charge is 0.295 e. The molecule has 0 saturated carbocycles. The molecular weight excluding hydrogens is 416 g/mol. The molecule has 0 bridgehead atoms. The van der Waals surface area contributed by atoms with Crippen molar-refractivity contribution in [2.24, 2.45) is 13.0 Å². The quantitative estimate of drug-likeness (QED) is 0.410. The van der Waals surface area contributed by atoms with E-state index in [0.717, 1.165) is 12.2 Å². The second kappa shape index (κ2) is 10.5. The Bertz CT molecular complexity index is 1240. The second-order valence-electron chi connectivity index (χ2n) is 8.16. The summed E-state index contributed by atoms with van der Waals surface area (Å²) in [6.07, 6.45) is 2.45. The molecule has 1 N–H and O–H groups in total. The highest BCUT2D eigenvalue weighted by molar-refractivity contribution is 6.09. The minimum absolute atomic E-state index is 0.0996. The van der Waals surface area contributed by atoms with Gasteiger partial charge in [0.25, 0.3) is 11.5 Å². The number of aromatic nitrogens is 2. The number of hydrogen-bond acceptors (Lipinski definition) is 4. The molecular formula is C26H28N4O3. The summed E-state index contributed by atoms with van der Waals surface area (Å²) in [6, 6.07) is 18.2. The molecule has 2 aromatic carbocycles. The zero-order valence-corrected chi connectivity index (χ0v) is 19.3. The highest BCUT2D eigenvalue weighted by Gasteiger charge is 2.19. The van der Waals surface area contributed by atoms with Gasteiger partial charge in [-0.15, -0.1) is 0 Å². The Kier molecular flexibility index (Phi) is 7.52. The number of hydrogen-bond donors (Lipinski definition) is 1. The van der Waals surface area contributed by atoms with Crippen molar-refractivity contribution in [3.8, 4) is 17.5 Å². The summed E-state index contributed by atoms with van der Waals surface area (Å²) in [7, 11) is 1.74. The van der Waals surface area contributed by atoms with Crippen LogP contribution in [0.15, 0.2) is 65.0 Å². The van der Waals surface area contributed by atoms with E-state index < -0.39 is 5.91 Å². The van der Waals surface area contributed by atoms with E-state index in [4.69, 9.17) is 4.74 Å². The largest absolute Gasteiger partial charge is 0.494 e. The zero-order valence-electron chi connectivity index (χ0n) is 19.3. The van der Waals surface area contributed by atoms with Crippen molar-refractivity contribution in [2.75, 3.05) is 11.9 Å². The minimum atomic E-state index is -0.638. The summed E-state index contributed by atoms with van der Waals surface area (Å²) in [5.41, 5.74) is 1.62. The summed E-state index contributed by atoms with van der Waals surface area (Å²) in [5, 5.41) is 12.2. The van der Waals surface area contributed by atoms with Crippen molar-refractivity contribution >= 4 is 17.7 Å². The van der Waals surface area contributed by atoms with Crippen LogP contribution in [0.1, 0.15) is 31.5 Å². The fourth-order valence-corrected chi connectivity index (χ4v) is 3.28. The van der Waals surface area contributed by atoms with Gasteiger partial charge in [-0.05, 0) is 55.2 Å². The summed E-state index contributed by atoms with van der Waals surface area (Å²) in [6.45, 7) is 6.65. The van der Waals surface area contributed by atoms with Gasteiger partial charge in [0.1, 0.15) is 23.1 Å². The molecule has 170 valence electrons. The average molecular weight is 445 g/mol. The van der Waals surface area contributed by atoms with Crippen LogP contribution in [0.5, 0.6) is 5.75 Å². The zero-order chi connectivity index (χ0) is 24.0. The first kappa shape index (κ1) is 23.6. The van der Waals surface area contributed by atoms with Crippen LogP contribution in [-0.4, -0.2) is 21.9 Å². The number of benzene rings is 2. The standard InChI is InChI=1S/C26H28N4O3/c1-18(2)14-15-33-23-12-10-20(11-13-23)16-21(17-27)25(31)28-24-19(3)29(4)30(26(24)32)22-8-6-5-7-9-22/h5-13,16,18H,14-15H2,1-4H3,(H,28,31)/b21-16+. The molecule has 1 amide bonds. The molecule has 0 atom stereocenters. The molecule has 3 aromatic rings. The number of ether oxygens (including phenoxy) is 1. The molecule has 0 aliphatic heterocycles. The molecule has 7 nitrogen and oxygen atoms in total. The van der Waals surface area contributed by atoms with Gasteiger partial charge in [0.15, 0.2) is 0 Å². The maximum absolute atomic E-state index is 13.0. The monoisotopic (exact) mass is 444 g/mol. The lowest BCUT2D eigenvalue weighted by Gasteiger charge is -2.08. The molecule has 0 saturated heterocycles. The molecule has 0 aliphatic carbocycles. The molecule has 7 heteroatoms. The lowest BCUT2D eigenvalue weighted by atomic mass is 10.1. The number of carbonyl (C=O) groups excluding carboxylic acids is 1. The fraction of sp³-hybridized carbons (Fsp3) is 0.269. The minimum Gasteiger partial charge on any atom is -0.494 e. The Balaban J connectivity index is 1.79. The van der Waals surface area contributed by atoms with Crippen molar-refractivity contribution in [1.82, 2.24) is 9.36 Å². The van der Waals surface area contributed by atoms with E-state index in [-0.39, 0.29) is 16.8 Å². The van der Waals surface area contributed by atoms with Crippen molar-refractivity contribution in [2.45, 2.75) is 27.2 Å². The van der Waals surface area contributed by atoms with Crippen LogP contribution >= 0.6 is 0 Å². The van der Waals surface area contributed by atoms with E-state index in [1.165, 1.54) is 10.8 Å². The average Bonchev–Trinajstić information content (AvgIpc) is 3.01. The SMILES string of the molecule is Cc1c(NC(=O)/C(C#N)=C/c2ccc(OCCC(C)C)cc2)c(=O)n(-c2ccccc2)n1C. The molecule has 0 aliphatic rings. The second-order valence-corrected chi connectivity index (χ2v) is 8.16. The van der Waals surface area contributed by atoms with Crippen LogP contribution in [0.2, 0.25) is 0 Å². The highest BCUT2D eigenvalue weighted by atomic mass is 16.5. The molecule has 0 unspecified atom stereocenters. The van der Waals surface area contributed by atoms with Crippen molar-refractivity contribution in [3.05, 3.63) is 81.8 Å². The van der Waals surface area contributed by atoms with Crippen molar-refractivity contribution in [1.29, 1.82) is 5.26 Å². The van der Waals surface area contributed by atoms with E-state index in [9.17, 15) is 14.9 Å². The Morgan fingerprint density at radius 1 is 1.15 bits per heavy atom. The Morgan fingerprint density at radius 2 is 1.82 bits per heavy atom. The van der Waals surface area contributed by atoms with Gasteiger partial charge < -0.3 is 10.1 Å². The van der Waals surface area contributed by atoms with Crippen LogP contribution in [0.3, 0.4) is 0 Å². The van der Waals surface area contributed by atoms with E-state index >= 15 is 0 Å². The lowest BCUT2D eigenvalue weighted by molar-refractivity contribution is -0.112. The van der Waals surface area contributed by atoms with E-state index in [1.807, 2.05) is 36.4 Å². The van der Waals surface area contributed by atoms with Crippen molar-refractivity contribution in [3.63, 3.8) is 0 Å². The topological polar surface area (TPSA) is 89.1 Å². The number of anilines is 1. The van der Waals surface area contributed by atoms with Crippen LogP contribution in [0.4, 0.5) is 5.69 Å². The van der Waals surface area contributed by atoms with E-state index in [0.29, 0.717) is 29.5 Å². The first-order valence-corrected chi connectivity index (χ1v) is 10.8. The van der Waals surface area contributed by atoms with Gasteiger partial charge in [0.2, 0.25) is 0 Å². The summed E-state index contributed by atoms with van der Waals surface area (Å²) in [5.74, 6) is 0.659. The number of rotatable bonds is 8. The maximum atomic E-state index is 13.0. The lowest BCUT2D eigenvalue weighted by Crippen LogP contribution is -2.23. The molecule has 33 heavy (non-hydrogen) atoms. The third kappa shape index (κ3) is 5.60. The Hall–Kier alpha value is -4.05. The van der Waals surface area contributed by atoms with Crippen LogP contribution in [0.25, 0.3) is 11.8 Å². The molecule has 0 spiro atoms. The van der Waals surface area contributed by atoms with Crippen LogP contribution < -0.4 is 15.6 Å². The normalized spacial score (nSPS) is 11.3. The Morgan fingerprint density at radius 3 is 2.42 bits per heavy atom. The predicted molar refractivity (Wildman–Crippen MR) is 129 cm³/mol. The fourth-order valence-electron chi connectivity index (χ4n) is 3.28. The van der Waals surface area contributed by atoms with Crippen LogP contribution in [0, 0.1) is 24.2 Å². The van der Waals surface area contributed by atoms with Gasteiger partial charge in [-0.3, -0.25) is 14.3 Å². The number of nitrogens with one attached hydrogen (secondary N) is 1. The summed E-state index contributed by atoms with van der Waals surface area (Å²) < 4.78 is 8.84. The van der Waals surface area contributed by atoms with E-state index in [1.54, 1.807) is 42.9 Å². The third-order valence-electron chi connectivity index (χ3n) is 5.31. The first-order valence-electron chi connectivity index (χ1n) is 10.8. The summed E-state index contributed by atoms with van der Waals surface area (Å²) in [4.78, 5) is 25.8. The highest BCUT2D eigenvalue weighted by Crippen LogP contribution is 2.18. The summed E-state index contributed by atoms with van der Waals surface area (Å²) >= 11 is 0. The van der Waals surface area contributed by atoms with Gasteiger partial charge in [-0.25, -0.2) is 4.68 Å². The van der Waals surface area contributed by atoms with Gasteiger partial charge in [-0.1, -0.05) is 44.2 Å². The van der Waals surface area contributed by atoms with Gasteiger partial charge in [0, 0.05) is 7.05 Å². The molecule has 1 aromatic heterocycles. The number of amides is 1. The predicted octanol–water partition coefficient (Wildman–Crippen LogP) is 4.46.